The lowest BCUT2D eigenvalue weighted by atomic mass is 9.85. The Morgan fingerprint density at radius 1 is 0.344 bits per heavy atom. The second-order valence-corrected chi connectivity index (χ2v) is 10.4. The Bertz CT molecular complexity index is 1090. The summed E-state index contributed by atoms with van der Waals surface area (Å²) in [7, 11) is 0. The second kappa shape index (κ2) is 10.0. The van der Waals surface area contributed by atoms with Crippen LogP contribution in [0.25, 0.3) is 22.3 Å². The summed E-state index contributed by atoms with van der Waals surface area (Å²) in [5, 5.41) is 0. The molecule has 4 rings (SSSR count). The zero-order valence-electron chi connectivity index (χ0n) is 20.4. The molecule has 0 atom stereocenters. The van der Waals surface area contributed by atoms with Crippen LogP contribution in [0.4, 0.5) is 0 Å². The molecule has 164 valence electrons. The van der Waals surface area contributed by atoms with E-state index in [1.165, 1.54) is 33.4 Å². The third-order valence-corrected chi connectivity index (χ3v) is 5.69. The van der Waals surface area contributed by atoms with Gasteiger partial charge in [0.05, 0.1) is 0 Å². The molecule has 0 heteroatoms. The van der Waals surface area contributed by atoms with Crippen LogP contribution >= 0.6 is 0 Å². The van der Waals surface area contributed by atoms with Crippen LogP contribution in [0.15, 0.2) is 109 Å². The molecular formula is C32H36. The molecule has 0 aromatic heterocycles. The molecular weight excluding hydrogens is 384 g/mol. The highest BCUT2D eigenvalue weighted by Crippen LogP contribution is 2.27. The first-order valence-corrected chi connectivity index (χ1v) is 11.5. The summed E-state index contributed by atoms with van der Waals surface area (Å²) in [6, 6.07) is 38.7. The van der Waals surface area contributed by atoms with Gasteiger partial charge in [-0.05, 0) is 44.2 Å². The minimum Gasteiger partial charge on any atom is -0.0622 e. The van der Waals surface area contributed by atoms with Gasteiger partial charge in [-0.3, -0.25) is 0 Å². The SMILES string of the molecule is CC(C)(C)c1ccc(-c2ccccc2)cc1.CC(C)(C)c1cccc(-c2ccccc2)c1. The van der Waals surface area contributed by atoms with Crippen LogP contribution < -0.4 is 0 Å². The van der Waals surface area contributed by atoms with Crippen LogP contribution in [-0.4, -0.2) is 0 Å². The molecule has 0 unspecified atom stereocenters. The van der Waals surface area contributed by atoms with Gasteiger partial charge in [0.2, 0.25) is 0 Å². The highest BCUT2D eigenvalue weighted by atomic mass is 14.2. The third kappa shape index (κ3) is 6.44. The molecule has 0 aliphatic heterocycles. The van der Waals surface area contributed by atoms with E-state index >= 15 is 0 Å². The lowest BCUT2D eigenvalue weighted by Gasteiger charge is -2.19. The van der Waals surface area contributed by atoms with E-state index in [0.29, 0.717) is 0 Å². The molecule has 0 saturated heterocycles. The average molecular weight is 421 g/mol. The van der Waals surface area contributed by atoms with Crippen molar-refractivity contribution in [3.8, 4) is 22.3 Å². The fourth-order valence-corrected chi connectivity index (χ4v) is 3.59. The van der Waals surface area contributed by atoms with Gasteiger partial charge < -0.3 is 0 Å². The fraction of sp³-hybridized carbons (Fsp3) is 0.250. The first kappa shape index (κ1) is 23.5. The maximum absolute atomic E-state index is 2.29. The van der Waals surface area contributed by atoms with Gasteiger partial charge in [0, 0.05) is 0 Å². The van der Waals surface area contributed by atoms with Crippen molar-refractivity contribution in [3.63, 3.8) is 0 Å². The standard InChI is InChI=1S/2C16H18/c1-16(2,3)15-11-7-10-14(12-15)13-8-5-4-6-9-13;1-16(2,3)15-11-9-14(10-12-15)13-7-5-4-6-8-13/h2*4-12H,1-3H3. The van der Waals surface area contributed by atoms with Crippen LogP contribution in [0.5, 0.6) is 0 Å². The number of benzene rings is 4. The number of rotatable bonds is 2. The van der Waals surface area contributed by atoms with E-state index in [2.05, 4.69) is 145 Å². The quantitative estimate of drug-likeness (QED) is 0.303. The largest absolute Gasteiger partial charge is 0.0622 e. The van der Waals surface area contributed by atoms with Gasteiger partial charge >= 0.3 is 0 Å². The van der Waals surface area contributed by atoms with E-state index in [9.17, 15) is 0 Å². The molecule has 4 aromatic rings. The predicted molar refractivity (Wildman–Crippen MR) is 141 cm³/mol. The molecule has 0 saturated carbocycles. The van der Waals surface area contributed by atoms with Crippen molar-refractivity contribution in [2.75, 3.05) is 0 Å². The Balaban J connectivity index is 0.000000181. The van der Waals surface area contributed by atoms with Gasteiger partial charge in [0.1, 0.15) is 0 Å². The zero-order valence-corrected chi connectivity index (χ0v) is 20.4. The van der Waals surface area contributed by atoms with E-state index in [1.807, 2.05) is 6.07 Å². The van der Waals surface area contributed by atoms with E-state index in [-0.39, 0.29) is 10.8 Å². The lowest BCUT2D eigenvalue weighted by molar-refractivity contribution is 0.590. The fourth-order valence-electron chi connectivity index (χ4n) is 3.59. The molecule has 0 spiro atoms. The van der Waals surface area contributed by atoms with Gasteiger partial charge in [0.25, 0.3) is 0 Å². The van der Waals surface area contributed by atoms with Crippen molar-refractivity contribution >= 4 is 0 Å². The van der Waals surface area contributed by atoms with E-state index < -0.39 is 0 Å². The van der Waals surface area contributed by atoms with E-state index in [0.717, 1.165) is 0 Å². The summed E-state index contributed by atoms with van der Waals surface area (Å²) in [6.45, 7) is 13.5. The Labute approximate surface area is 195 Å². The Morgan fingerprint density at radius 3 is 1.22 bits per heavy atom. The highest BCUT2D eigenvalue weighted by molar-refractivity contribution is 5.64. The van der Waals surface area contributed by atoms with Crippen molar-refractivity contribution in [1.82, 2.24) is 0 Å². The maximum Gasteiger partial charge on any atom is -0.0132 e. The lowest BCUT2D eigenvalue weighted by Crippen LogP contribution is -2.10. The first-order chi connectivity index (χ1) is 15.1. The van der Waals surface area contributed by atoms with Gasteiger partial charge in [0.15, 0.2) is 0 Å². The topological polar surface area (TPSA) is 0 Å². The molecule has 0 aliphatic rings. The van der Waals surface area contributed by atoms with Crippen LogP contribution in [-0.2, 0) is 10.8 Å². The summed E-state index contributed by atoms with van der Waals surface area (Å²) >= 11 is 0. The third-order valence-electron chi connectivity index (χ3n) is 5.69. The van der Waals surface area contributed by atoms with Crippen molar-refractivity contribution < 1.29 is 0 Å². The summed E-state index contributed by atoms with van der Waals surface area (Å²) in [5.74, 6) is 0. The zero-order chi connectivity index (χ0) is 23.2. The summed E-state index contributed by atoms with van der Waals surface area (Å²) in [6.07, 6.45) is 0. The van der Waals surface area contributed by atoms with E-state index in [4.69, 9.17) is 0 Å². The van der Waals surface area contributed by atoms with Crippen molar-refractivity contribution in [3.05, 3.63) is 120 Å². The minimum atomic E-state index is 0.213. The Morgan fingerprint density at radius 2 is 0.750 bits per heavy atom. The van der Waals surface area contributed by atoms with Crippen LogP contribution in [0.2, 0.25) is 0 Å². The maximum atomic E-state index is 2.29. The summed E-state index contributed by atoms with van der Waals surface area (Å²) in [5.41, 5.74) is 8.36. The molecule has 0 amide bonds. The molecule has 0 fully saturated rings. The predicted octanol–water partition coefficient (Wildman–Crippen LogP) is 9.30. The van der Waals surface area contributed by atoms with Crippen molar-refractivity contribution in [2.24, 2.45) is 0 Å². The molecule has 0 radical (unpaired) electrons. The smallest absolute Gasteiger partial charge is 0.0132 e. The minimum absolute atomic E-state index is 0.213. The molecule has 4 aromatic carbocycles. The Hall–Kier alpha value is -3.12. The molecule has 0 N–H and O–H groups in total. The molecule has 0 heterocycles. The molecule has 32 heavy (non-hydrogen) atoms. The van der Waals surface area contributed by atoms with Gasteiger partial charge in [-0.2, -0.15) is 0 Å². The Kier molecular flexibility index (Phi) is 7.36. The number of hydrogen-bond acceptors (Lipinski definition) is 0. The van der Waals surface area contributed by atoms with Gasteiger partial charge in [-0.25, -0.2) is 0 Å². The highest BCUT2D eigenvalue weighted by Gasteiger charge is 2.14. The second-order valence-electron chi connectivity index (χ2n) is 10.4. The summed E-state index contributed by atoms with van der Waals surface area (Å²) in [4.78, 5) is 0. The molecule has 0 nitrogen and oxygen atoms in total. The van der Waals surface area contributed by atoms with Crippen LogP contribution in [0.1, 0.15) is 52.7 Å². The van der Waals surface area contributed by atoms with Crippen molar-refractivity contribution in [1.29, 1.82) is 0 Å². The van der Waals surface area contributed by atoms with Gasteiger partial charge in [-0.1, -0.05) is 151 Å². The van der Waals surface area contributed by atoms with Crippen molar-refractivity contribution in [2.45, 2.75) is 52.4 Å². The number of hydrogen-bond donors (Lipinski definition) is 0. The monoisotopic (exact) mass is 420 g/mol. The van der Waals surface area contributed by atoms with E-state index in [1.54, 1.807) is 0 Å². The molecule has 0 bridgehead atoms. The molecule has 0 aliphatic carbocycles. The summed E-state index contributed by atoms with van der Waals surface area (Å²) < 4.78 is 0. The normalized spacial score (nSPS) is 11.4. The first-order valence-electron chi connectivity index (χ1n) is 11.5. The van der Waals surface area contributed by atoms with Crippen LogP contribution in [0, 0.1) is 0 Å². The van der Waals surface area contributed by atoms with Crippen LogP contribution in [0.3, 0.4) is 0 Å². The average Bonchev–Trinajstić information content (AvgIpc) is 2.80. The van der Waals surface area contributed by atoms with Gasteiger partial charge in [-0.15, -0.1) is 0 Å².